The number of carbonyl (C=O) groups is 1. The minimum absolute atomic E-state index is 0.581. The van der Waals surface area contributed by atoms with Gasteiger partial charge < -0.3 is 4.90 Å². The van der Waals surface area contributed by atoms with Gasteiger partial charge in [0.2, 0.25) is 6.41 Å². The van der Waals surface area contributed by atoms with Crippen molar-refractivity contribution in [3.8, 4) is 0 Å². The lowest BCUT2D eigenvalue weighted by atomic mass is 10.2. The van der Waals surface area contributed by atoms with Crippen LogP contribution in [0.2, 0.25) is 0 Å². The maximum absolute atomic E-state index is 10.3. The lowest BCUT2D eigenvalue weighted by Gasteiger charge is -2.21. The van der Waals surface area contributed by atoms with Crippen molar-refractivity contribution in [1.82, 2.24) is 4.90 Å². The van der Waals surface area contributed by atoms with Gasteiger partial charge in [0, 0.05) is 23.6 Å². The quantitative estimate of drug-likeness (QED) is 0.493. The van der Waals surface area contributed by atoms with Crippen LogP contribution in [0.1, 0.15) is 6.42 Å². The van der Waals surface area contributed by atoms with E-state index in [-0.39, 0.29) is 0 Å². The molecule has 2 atom stereocenters. The standard InChI is InChI=1S/C6H9NOS/c8-4-7-2-6-1-5(7)3-9-6/h4-6H,1-3H2. The summed E-state index contributed by atoms with van der Waals surface area (Å²) in [6.45, 7) is 0.999. The second kappa shape index (κ2) is 1.90. The largest absolute Gasteiger partial charge is 0.340 e. The number of carbonyl (C=O) groups excluding carboxylic acids is 1. The Bertz CT molecular complexity index is 139. The molecule has 0 radical (unpaired) electrons. The van der Waals surface area contributed by atoms with Crippen LogP contribution in [0, 0.1) is 0 Å². The zero-order chi connectivity index (χ0) is 6.27. The average Bonchev–Trinajstić information content (AvgIpc) is 2.45. The van der Waals surface area contributed by atoms with Crippen LogP contribution in [0.5, 0.6) is 0 Å². The van der Waals surface area contributed by atoms with Crippen LogP contribution < -0.4 is 0 Å². The van der Waals surface area contributed by atoms with Gasteiger partial charge in [-0.3, -0.25) is 4.79 Å². The zero-order valence-corrected chi connectivity index (χ0v) is 5.93. The highest BCUT2D eigenvalue weighted by Gasteiger charge is 2.37. The van der Waals surface area contributed by atoms with Crippen molar-refractivity contribution < 1.29 is 4.79 Å². The topological polar surface area (TPSA) is 20.3 Å². The highest BCUT2D eigenvalue weighted by atomic mass is 32.2. The SMILES string of the molecule is O=CN1CC2CC1CS2. The highest BCUT2D eigenvalue weighted by molar-refractivity contribution is 8.00. The van der Waals surface area contributed by atoms with Crippen molar-refractivity contribution in [1.29, 1.82) is 0 Å². The summed E-state index contributed by atoms with van der Waals surface area (Å²) in [5.74, 6) is 1.17. The fourth-order valence-electron chi connectivity index (χ4n) is 1.56. The van der Waals surface area contributed by atoms with Gasteiger partial charge in [0.05, 0.1) is 0 Å². The van der Waals surface area contributed by atoms with Crippen LogP contribution >= 0.6 is 11.8 Å². The molecule has 2 aliphatic heterocycles. The van der Waals surface area contributed by atoms with Crippen LogP contribution in [0.3, 0.4) is 0 Å². The molecule has 2 nitrogen and oxygen atoms in total. The third-order valence-corrected chi connectivity index (χ3v) is 3.47. The lowest BCUT2D eigenvalue weighted by molar-refractivity contribution is -0.118. The Morgan fingerprint density at radius 1 is 1.67 bits per heavy atom. The molecular weight excluding hydrogens is 134 g/mol. The van der Waals surface area contributed by atoms with Gasteiger partial charge >= 0.3 is 0 Å². The Morgan fingerprint density at radius 3 is 2.89 bits per heavy atom. The van der Waals surface area contributed by atoms with Gasteiger partial charge in [-0.15, -0.1) is 0 Å². The van der Waals surface area contributed by atoms with Crippen molar-refractivity contribution in [3.05, 3.63) is 0 Å². The first-order chi connectivity index (χ1) is 4.40. The molecule has 0 aromatic rings. The van der Waals surface area contributed by atoms with Crippen LogP contribution in [0.4, 0.5) is 0 Å². The summed E-state index contributed by atoms with van der Waals surface area (Å²) in [5.41, 5.74) is 0. The maximum atomic E-state index is 10.3. The van der Waals surface area contributed by atoms with Gasteiger partial charge in [0.1, 0.15) is 0 Å². The Morgan fingerprint density at radius 2 is 2.56 bits per heavy atom. The van der Waals surface area contributed by atoms with E-state index in [9.17, 15) is 4.79 Å². The van der Waals surface area contributed by atoms with Gasteiger partial charge in [-0.25, -0.2) is 0 Å². The summed E-state index contributed by atoms with van der Waals surface area (Å²) in [4.78, 5) is 12.2. The number of rotatable bonds is 1. The second-order valence-corrected chi connectivity index (χ2v) is 3.98. The lowest BCUT2D eigenvalue weighted by Crippen LogP contribution is -2.32. The smallest absolute Gasteiger partial charge is 0.210 e. The first-order valence-corrected chi connectivity index (χ1v) is 4.27. The molecular formula is C6H9NOS. The number of hydrogen-bond acceptors (Lipinski definition) is 2. The van der Waals surface area contributed by atoms with Crippen molar-refractivity contribution in [3.63, 3.8) is 0 Å². The Kier molecular flexibility index (Phi) is 1.18. The molecule has 2 aliphatic rings. The third-order valence-electron chi connectivity index (χ3n) is 2.08. The summed E-state index contributed by atoms with van der Waals surface area (Å²) in [7, 11) is 0. The maximum Gasteiger partial charge on any atom is 0.210 e. The van der Waals surface area contributed by atoms with Crippen molar-refractivity contribution in [2.24, 2.45) is 0 Å². The Hall–Kier alpha value is -0.180. The van der Waals surface area contributed by atoms with E-state index < -0.39 is 0 Å². The number of thioether (sulfide) groups is 1. The predicted molar refractivity (Wildman–Crippen MR) is 37.4 cm³/mol. The molecule has 3 heteroatoms. The highest BCUT2D eigenvalue weighted by Crippen LogP contribution is 2.36. The minimum atomic E-state index is 0.581. The molecule has 2 unspecified atom stereocenters. The van der Waals surface area contributed by atoms with Crippen LogP contribution in [0.25, 0.3) is 0 Å². The molecule has 0 aromatic carbocycles. The van der Waals surface area contributed by atoms with Gasteiger partial charge in [0.15, 0.2) is 0 Å². The molecule has 0 aliphatic carbocycles. The summed E-state index contributed by atoms with van der Waals surface area (Å²) < 4.78 is 0. The number of nitrogens with zero attached hydrogens (tertiary/aromatic N) is 1. The molecule has 2 heterocycles. The Balaban J connectivity index is 2.09. The van der Waals surface area contributed by atoms with E-state index in [2.05, 4.69) is 0 Å². The van der Waals surface area contributed by atoms with Crippen LogP contribution in [0.15, 0.2) is 0 Å². The molecule has 2 saturated heterocycles. The molecule has 9 heavy (non-hydrogen) atoms. The summed E-state index contributed by atoms with van der Waals surface area (Å²) in [6.07, 6.45) is 2.23. The molecule has 2 bridgehead atoms. The number of fused-ring (bicyclic) bond motifs is 2. The van der Waals surface area contributed by atoms with E-state index in [1.165, 1.54) is 12.2 Å². The van der Waals surface area contributed by atoms with Gasteiger partial charge in [0.25, 0.3) is 0 Å². The number of likely N-dealkylation sites (tertiary alicyclic amines) is 1. The van der Waals surface area contributed by atoms with Crippen molar-refractivity contribution in [2.75, 3.05) is 12.3 Å². The minimum Gasteiger partial charge on any atom is -0.340 e. The molecule has 0 spiro atoms. The molecule has 2 fully saturated rings. The zero-order valence-electron chi connectivity index (χ0n) is 5.12. The fraction of sp³-hybridized carbons (Fsp3) is 0.833. The van der Waals surface area contributed by atoms with E-state index in [1.54, 1.807) is 0 Å². The molecule has 1 amide bonds. The summed E-state index contributed by atoms with van der Waals surface area (Å²) in [6, 6.07) is 0.581. The van der Waals surface area contributed by atoms with Crippen molar-refractivity contribution in [2.45, 2.75) is 17.7 Å². The normalized spacial score (nSPS) is 39.8. The van der Waals surface area contributed by atoms with E-state index in [1.807, 2.05) is 16.7 Å². The molecule has 50 valence electrons. The molecule has 0 aromatic heterocycles. The third kappa shape index (κ3) is 0.748. The van der Waals surface area contributed by atoms with Gasteiger partial charge in [-0.1, -0.05) is 0 Å². The fourth-order valence-corrected chi connectivity index (χ4v) is 3.02. The summed E-state index contributed by atoms with van der Waals surface area (Å²) in [5, 5.41) is 0.764. The van der Waals surface area contributed by atoms with Gasteiger partial charge in [-0.2, -0.15) is 11.8 Å². The van der Waals surface area contributed by atoms with E-state index >= 15 is 0 Å². The number of amides is 1. The second-order valence-electron chi connectivity index (χ2n) is 2.65. The number of hydrogen-bond donors (Lipinski definition) is 0. The molecule has 0 saturated carbocycles. The first kappa shape index (κ1) is 5.59. The first-order valence-electron chi connectivity index (χ1n) is 3.23. The summed E-state index contributed by atoms with van der Waals surface area (Å²) >= 11 is 2.01. The molecule has 2 rings (SSSR count). The van der Waals surface area contributed by atoms with Crippen molar-refractivity contribution >= 4 is 18.2 Å². The van der Waals surface area contributed by atoms with Gasteiger partial charge in [-0.05, 0) is 6.42 Å². The molecule has 0 N–H and O–H groups in total. The van der Waals surface area contributed by atoms with E-state index in [0.29, 0.717) is 6.04 Å². The Labute approximate surface area is 58.6 Å². The van der Waals surface area contributed by atoms with E-state index in [4.69, 9.17) is 0 Å². The monoisotopic (exact) mass is 143 g/mol. The van der Waals surface area contributed by atoms with Crippen LogP contribution in [-0.2, 0) is 4.79 Å². The predicted octanol–water partition coefficient (Wildman–Crippen LogP) is 0.332. The average molecular weight is 143 g/mol. The van der Waals surface area contributed by atoms with E-state index in [0.717, 1.165) is 18.2 Å². The van der Waals surface area contributed by atoms with Crippen LogP contribution in [-0.4, -0.2) is 34.9 Å².